The molecule has 1 atom stereocenters. The van der Waals surface area contributed by atoms with Gasteiger partial charge in [0, 0.05) is 10.0 Å². The first-order valence-corrected chi connectivity index (χ1v) is 9.52. The van der Waals surface area contributed by atoms with E-state index in [0.717, 1.165) is 20.8 Å². The number of methoxy groups -OCH3 is 1. The van der Waals surface area contributed by atoms with Crippen LogP contribution < -0.4 is 20.1 Å². The minimum atomic E-state index is -0.887. The zero-order chi connectivity index (χ0) is 19.8. The van der Waals surface area contributed by atoms with Gasteiger partial charge in [-0.3, -0.25) is 4.79 Å². The summed E-state index contributed by atoms with van der Waals surface area (Å²) in [5.74, 6) is -0.191. The number of fused-ring (bicyclic) bond motifs is 2. The topological polar surface area (TPSA) is 64.8 Å². The highest BCUT2D eigenvalue weighted by Gasteiger charge is 2.31. The summed E-state index contributed by atoms with van der Waals surface area (Å²) in [5.41, 5.74) is 7.14. The number of rotatable bonds is 3. The Bertz CT molecular complexity index is 1080. The molecular weight excluding hydrogens is 463 g/mol. The maximum atomic E-state index is 14.3. The van der Waals surface area contributed by atoms with Gasteiger partial charge in [-0.15, -0.1) is 12.4 Å². The van der Waals surface area contributed by atoms with Crippen LogP contribution >= 0.6 is 28.3 Å². The Morgan fingerprint density at radius 1 is 1.28 bits per heavy atom. The summed E-state index contributed by atoms with van der Waals surface area (Å²) < 4.78 is 26.3. The maximum absolute atomic E-state index is 14.3. The second-order valence-corrected chi connectivity index (χ2v) is 7.46. The second-order valence-electron chi connectivity index (χ2n) is 6.54. The average Bonchev–Trinajstić information content (AvgIpc) is 2.80. The molecule has 5 nitrogen and oxygen atoms in total. The van der Waals surface area contributed by atoms with Gasteiger partial charge in [0.1, 0.15) is 18.4 Å². The molecule has 4 rings (SSSR count). The third-order valence-electron chi connectivity index (χ3n) is 4.81. The predicted molar refractivity (Wildman–Crippen MR) is 117 cm³/mol. The van der Waals surface area contributed by atoms with Crippen LogP contribution in [0.1, 0.15) is 5.56 Å². The third kappa shape index (κ3) is 3.90. The largest absolute Gasteiger partial charge is 0.496 e. The lowest BCUT2D eigenvalue weighted by Crippen LogP contribution is -2.45. The molecule has 0 spiro atoms. The van der Waals surface area contributed by atoms with E-state index in [-0.39, 0.29) is 37.2 Å². The molecule has 29 heavy (non-hydrogen) atoms. The SMILES string of the molecule is COc1ccc2cc(Br)ccc2c1CN1C(=O)C(N)COc2c(F)cccc21.Cl. The molecule has 152 valence electrons. The molecule has 0 saturated carbocycles. The third-order valence-corrected chi connectivity index (χ3v) is 5.31. The fourth-order valence-corrected chi connectivity index (χ4v) is 3.82. The Labute approximate surface area is 182 Å². The molecule has 0 bridgehead atoms. The molecule has 1 unspecified atom stereocenters. The first-order valence-electron chi connectivity index (χ1n) is 8.73. The van der Waals surface area contributed by atoms with Crippen LogP contribution in [0.5, 0.6) is 11.5 Å². The van der Waals surface area contributed by atoms with Crippen LogP contribution in [-0.2, 0) is 11.3 Å². The summed E-state index contributed by atoms with van der Waals surface area (Å²) in [7, 11) is 1.58. The van der Waals surface area contributed by atoms with Crippen molar-refractivity contribution in [2.45, 2.75) is 12.6 Å². The number of carbonyl (C=O) groups excluding carboxylic acids is 1. The number of para-hydroxylation sites is 1. The van der Waals surface area contributed by atoms with Crippen LogP contribution in [-0.4, -0.2) is 25.7 Å². The van der Waals surface area contributed by atoms with Crippen molar-refractivity contribution in [1.29, 1.82) is 0 Å². The van der Waals surface area contributed by atoms with Crippen LogP contribution in [0, 0.1) is 5.82 Å². The standard InChI is InChI=1S/C21H18BrFN2O3.ClH/c1-27-19-8-5-12-9-13(22)6-7-14(12)15(19)10-25-18-4-2-3-16(23)20(18)28-11-17(24)21(25)26;/h2-9,17H,10-11,24H2,1H3;1H. The van der Waals surface area contributed by atoms with E-state index >= 15 is 0 Å². The fraction of sp³-hybridized carbons (Fsp3) is 0.190. The van der Waals surface area contributed by atoms with E-state index in [2.05, 4.69) is 15.9 Å². The van der Waals surface area contributed by atoms with Gasteiger partial charge in [-0.25, -0.2) is 4.39 Å². The highest BCUT2D eigenvalue weighted by molar-refractivity contribution is 9.10. The second kappa shape index (κ2) is 8.57. The zero-order valence-corrected chi connectivity index (χ0v) is 17.9. The number of anilines is 1. The number of hydrogen-bond acceptors (Lipinski definition) is 4. The quantitative estimate of drug-likeness (QED) is 0.601. The molecule has 8 heteroatoms. The van der Waals surface area contributed by atoms with Gasteiger partial charge in [0.05, 0.1) is 19.3 Å². The Balaban J connectivity index is 0.00000240. The summed E-state index contributed by atoms with van der Waals surface area (Å²) >= 11 is 3.48. The van der Waals surface area contributed by atoms with E-state index in [0.29, 0.717) is 11.4 Å². The Hall–Kier alpha value is -2.35. The molecule has 0 aliphatic carbocycles. The minimum Gasteiger partial charge on any atom is -0.496 e. The van der Waals surface area contributed by atoms with Gasteiger partial charge in [-0.05, 0) is 41.1 Å². The summed E-state index contributed by atoms with van der Waals surface area (Å²) in [6.45, 7) is 0.0946. The number of nitrogens with zero attached hydrogens (tertiary/aromatic N) is 1. The van der Waals surface area contributed by atoms with Crippen LogP contribution in [0.25, 0.3) is 10.8 Å². The van der Waals surface area contributed by atoms with Crippen LogP contribution in [0.2, 0.25) is 0 Å². The summed E-state index contributed by atoms with van der Waals surface area (Å²) in [6, 6.07) is 13.3. The average molecular weight is 482 g/mol. The first kappa shape index (κ1) is 21.4. The van der Waals surface area contributed by atoms with Gasteiger partial charge in [-0.1, -0.05) is 34.1 Å². The highest BCUT2D eigenvalue weighted by Crippen LogP contribution is 2.37. The van der Waals surface area contributed by atoms with Gasteiger partial charge in [-0.2, -0.15) is 0 Å². The fourth-order valence-electron chi connectivity index (χ4n) is 3.44. The lowest BCUT2D eigenvalue weighted by atomic mass is 10.0. The van der Waals surface area contributed by atoms with E-state index in [1.54, 1.807) is 19.2 Å². The van der Waals surface area contributed by atoms with E-state index in [1.807, 2.05) is 30.3 Å². The van der Waals surface area contributed by atoms with E-state index in [4.69, 9.17) is 15.2 Å². The molecule has 0 fully saturated rings. The number of carbonyl (C=O) groups is 1. The molecule has 0 radical (unpaired) electrons. The number of hydrogen-bond donors (Lipinski definition) is 1. The van der Waals surface area contributed by atoms with E-state index in [9.17, 15) is 9.18 Å². The number of nitrogens with two attached hydrogens (primary N) is 1. The molecular formula is C21H19BrClFN2O3. The number of benzene rings is 3. The first-order chi connectivity index (χ1) is 13.5. The molecule has 1 amide bonds. The van der Waals surface area contributed by atoms with Gasteiger partial charge in [0.15, 0.2) is 11.6 Å². The van der Waals surface area contributed by atoms with Gasteiger partial charge >= 0.3 is 0 Å². The zero-order valence-electron chi connectivity index (χ0n) is 15.5. The van der Waals surface area contributed by atoms with Gasteiger partial charge in [0.2, 0.25) is 5.91 Å². The number of amides is 1. The van der Waals surface area contributed by atoms with Gasteiger partial charge in [0.25, 0.3) is 0 Å². The Kier molecular flexibility index (Phi) is 6.31. The lowest BCUT2D eigenvalue weighted by Gasteiger charge is -2.25. The Morgan fingerprint density at radius 2 is 2.07 bits per heavy atom. The van der Waals surface area contributed by atoms with Gasteiger partial charge < -0.3 is 20.1 Å². The van der Waals surface area contributed by atoms with Crippen molar-refractivity contribution in [3.63, 3.8) is 0 Å². The van der Waals surface area contributed by atoms with Crippen molar-refractivity contribution in [3.05, 3.63) is 64.4 Å². The normalized spacial score (nSPS) is 15.9. The monoisotopic (exact) mass is 480 g/mol. The van der Waals surface area contributed by atoms with Crippen molar-refractivity contribution < 1.29 is 18.7 Å². The molecule has 1 aliphatic rings. The Morgan fingerprint density at radius 3 is 2.83 bits per heavy atom. The lowest BCUT2D eigenvalue weighted by molar-refractivity contribution is -0.120. The molecule has 1 heterocycles. The van der Waals surface area contributed by atoms with Crippen molar-refractivity contribution in [1.82, 2.24) is 0 Å². The summed E-state index contributed by atoms with van der Waals surface area (Å²) in [6.07, 6.45) is 0. The van der Waals surface area contributed by atoms with Crippen LogP contribution in [0.15, 0.2) is 53.0 Å². The minimum absolute atomic E-state index is 0. The number of ether oxygens (including phenoxy) is 2. The summed E-state index contributed by atoms with van der Waals surface area (Å²) in [4.78, 5) is 14.4. The van der Waals surface area contributed by atoms with Crippen molar-refractivity contribution in [3.8, 4) is 11.5 Å². The summed E-state index contributed by atoms with van der Waals surface area (Å²) in [5, 5.41) is 1.93. The van der Waals surface area contributed by atoms with Crippen LogP contribution in [0.4, 0.5) is 10.1 Å². The molecule has 3 aromatic rings. The molecule has 0 aromatic heterocycles. The smallest absolute Gasteiger partial charge is 0.247 e. The molecule has 3 aromatic carbocycles. The highest BCUT2D eigenvalue weighted by atomic mass is 79.9. The van der Waals surface area contributed by atoms with Crippen LogP contribution in [0.3, 0.4) is 0 Å². The number of halogens is 3. The molecule has 1 aliphatic heterocycles. The van der Waals surface area contributed by atoms with E-state index in [1.165, 1.54) is 11.0 Å². The molecule has 2 N–H and O–H groups in total. The van der Waals surface area contributed by atoms with Crippen molar-refractivity contribution in [2.75, 3.05) is 18.6 Å². The van der Waals surface area contributed by atoms with E-state index < -0.39 is 11.9 Å². The van der Waals surface area contributed by atoms with Crippen molar-refractivity contribution in [2.24, 2.45) is 5.73 Å². The maximum Gasteiger partial charge on any atom is 0.247 e. The molecule has 0 saturated heterocycles. The predicted octanol–water partition coefficient (Wildman–Crippen LogP) is 4.42. The van der Waals surface area contributed by atoms with Crippen molar-refractivity contribution >= 4 is 50.7 Å².